The van der Waals surface area contributed by atoms with E-state index >= 15 is 0 Å². The van der Waals surface area contributed by atoms with Crippen LogP contribution < -0.4 is 0 Å². The first kappa shape index (κ1) is 23.0. The van der Waals surface area contributed by atoms with E-state index in [0.29, 0.717) is 19.1 Å². The average molecular weight is 433 g/mol. The number of aromatic nitrogens is 2. The first-order valence-electron chi connectivity index (χ1n) is 11.1. The van der Waals surface area contributed by atoms with E-state index in [4.69, 9.17) is 0 Å². The van der Waals surface area contributed by atoms with Gasteiger partial charge >= 0.3 is 0 Å². The molecule has 0 N–H and O–H groups in total. The number of rotatable bonds is 10. The van der Waals surface area contributed by atoms with Crippen molar-refractivity contribution < 1.29 is 8.42 Å². The molecule has 0 saturated carbocycles. The van der Waals surface area contributed by atoms with E-state index in [0.717, 1.165) is 31.6 Å². The fourth-order valence-electron chi connectivity index (χ4n) is 4.30. The lowest BCUT2D eigenvalue weighted by atomic mass is 10.0. The minimum absolute atomic E-state index is 0.0743. The Kier molecular flexibility index (Phi) is 8.08. The number of hydrogen-bond donors (Lipinski definition) is 0. The largest absolute Gasteiger partial charge is 0.318 e. The molecule has 1 fully saturated rings. The van der Waals surface area contributed by atoms with E-state index in [1.807, 2.05) is 22.8 Å². The molecule has 0 aliphatic carbocycles. The molecule has 1 atom stereocenters. The number of benzene rings is 1. The molecule has 0 radical (unpaired) electrons. The second-order valence-corrected chi connectivity index (χ2v) is 10.7. The molecule has 1 aliphatic rings. The lowest BCUT2D eigenvalue weighted by Gasteiger charge is -2.35. The van der Waals surface area contributed by atoms with Crippen LogP contribution in [-0.2, 0) is 29.3 Å². The Bertz CT molecular complexity index is 895. The van der Waals surface area contributed by atoms with Gasteiger partial charge in [0.25, 0.3) is 0 Å². The van der Waals surface area contributed by atoms with Crippen LogP contribution in [0.3, 0.4) is 0 Å². The molecule has 1 aromatic carbocycles. The van der Waals surface area contributed by atoms with E-state index in [-0.39, 0.29) is 10.9 Å². The topological polar surface area (TPSA) is 58.4 Å². The Balaban J connectivity index is 1.71. The normalized spacial score (nSPS) is 18.2. The Hall–Kier alpha value is -1.70. The van der Waals surface area contributed by atoms with E-state index in [9.17, 15) is 8.42 Å². The van der Waals surface area contributed by atoms with E-state index < -0.39 is 9.84 Å². The summed E-state index contributed by atoms with van der Waals surface area (Å²) in [6.45, 7) is 5.21. The zero-order valence-corrected chi connectivity index (χ0v) is 19.4. The van der Waals surface area contributed by atoms with Crippen molar-refractivity contribution in [2.24, 2.45) is 0 Å². The Morgan fingerprint density at radius 2 is 1.97 bits per heavy atom. The highest BCUT2D eigenvalue weighted by Gasteiger charge is 2.24. The summed E-state index contributed by atoms with van der Waals surface area (Å²) in [5, 5.41) is 0.219. The van der Waals surface area contributed by atoms with Crippen molar-refractivity contribution in [3.8, 4) is 0 Å². The number of likely N-dealkylation sites (N-methyl/N-ethyl adjacent to an activating group) is 2. The number of hydrogen-bond acceptors (Lipinski definition) is 5. The highest BCUT2D eigenvalue weighted by atomic mass is 32.2. The lowest BCUT2D eigenvalue weighted by Crippen LogP contribution is -2.43. The molecule has 1 aromatic heterocycles. The summed E-state index contributed by atoms with van der Waals surface area (Å²) in [7, 11) is 0.979. The molecule has 30 heavy (non-hydrogen) atoms. The monoisotopic (exact) mass is 432 g/mol. The van der Waals surface area contributed by atoms with Gasteiger partial charge < -0.3 is 9.47 Å². The molecule has 7 heteroatoms. The van der Waals surface area contributed by atoms with Gasteiger partial charge in [0.2, 0.25) is 15.0 Å². The molecule has 2 heterocycles. The SMILES string of the molecule is CCS(=O)(=O)c1ncc(CN(C)CC2CCCCN2C)n1CCCc1ccccc1. The van der Waals surface area contributed by atoms with Crippen LogP contribution in [0, 0.1) is 0 Å². The van der Waals surface area contributed by atoms with Crippen molar-refractivity contribution in [3.63, 3.8) is 0 Å². The lowest BCUT2D eigenvalue weighted by molar-refractivity contribution is 0.137. The number of likely N-dealkylation sites (tertiary alicyclic amines) is 1. The Labute approximate surface area is 181 Å². The van der Waals surface area contributed by atoms with Crippen molar-refractivity contribution in [2.45, 2.75) is 63.3 Å². The van der Waals surface area contributed by atoms with Crippen molar-refractivity contribution in [3.05, 3.63) is 47.8 Å². The van der Waals surface area contributed by atoms with E-state index in [2.05, 4.69) is 41.0 Å². The molecule has 2 aromatic rings. The summed E-state index contributed by atoms with van der Waals surface area (Å²) < 4.78 is 27.2. The number of imidazole rings is 1. The molecule has 0 spiro atoms. The van der Waals surface area contributed by atoms with E-state index in [1.54, 1.807) is 13.1 Å². The summed E-state index contributed by atoms with van der Waals surface area (Å²) in [6.07, 6.45) is 7.36. The van der Waals surface area contributed by atoms with Gasteiger partial charge in [-0.25, -0.2) is 13.4 Å². The second kappa shape index (κ2) is 10.6. The zero-order chi connectivity index (χ0) is 21.6. The summed E-state index contributed by atoms with van der Waals surface area (Å²) in [5.74, 6) is 0.0743. The molecule has 0 amide bonds. The van der Waals surface area contributed by atoms with Crippen molar-refractivity contribution in [1.82, 2.24) is 19.4 Å². The van der Waals surface area contributed by atoms with Crippen LogP contribution in [0.5, 0.6) is 0 Å². The van der Waals surface area contributed by atoms with Crippen LogP contribution in [0.2, 0.25) is 0 Å². The number of piperidine rings is 1. The summed E-state index contributed by atoms with van der Waals surface area (Å²) >= 11 is 0. The fraction of sp³-hybridized carbons (Fsp3) is 0.609. The van der Waals surface area contributed by atoms with Crippen molar-refractivity contribution in [2.75, 3.05) is 32.9 Å². The number of aryl methyl sites for hydroxylation is 1. The maximum atomic E-state index is 12.6. The second-order valence-electron chi connectivity index (χ2n) is 8.50. The van der Waals surface area contributed by atoms with Crippen molar-refractivity contribution in [1.29, 1.82) is 0 Å². The van der Waals surface area contributed by atoms with Gasteiger partial charge in [0.05, 0.1) is 17.6 Å². The van der Waals surface area contributed by atoms with Crippen LogP contribution in [0.4, 0.5) is 0 Å². The van der Waals surface area contributed by atoms with Crippen LogP contribution >= 0.6 is 0 Å². The Morgan fingerprint density at radius 3 is 2.67 bits per heavy atom. The van der Waals surface area contributed by atoms with Gasteiger partial charge in [-0.3, -0.25) is 4.90 Å². The molecule has 1 aliphatic heterocycles. The number of sulfone groups is 1. The first-order valence-corrected chi connectivity index (χ1v) is 12.8. The zero-order valence-electron chi connectivity index (χ0n) is 18.6. The molecule has 1 saturated heterocycles. The predicted octanol–water partition coefficient (Wildman–Crippen LogP) is 3.23. The fourth-order valence-corrected chi connectivity index (χ4v) is 5.31. The van der Waals surface area contributed by atoms with Gasteiger partial charge in [-0.1, -0.05) is 43.7 Å². The van der Waals surface area contributed by atoms with Crippen LogP contribution in [0.25, 0.3) is 0 Å². The molecule has 3 rings (SSSR count). The maximum absolute atomic E-state index is 12.6. The van der Waals surface area contributed by atoms with E-state index in [1.165, 1.54) is 24.8 Å². The van der Waals surface area contributed by atoms with Gasteiger partial charge in [0, 0.05) is 25.7 Å². The minimum atomic E-state index is -3.35. The smallest absolute Gasteiger partial charge is 0.227 e. The quantitative estimate of drug-likeness (QED) is 0.577. The summed E-state index contributed by atoms with van der Waals surface area (Å²) in [5.41, 5.74) is 2.26. The summed E-state index contributed by atoms with van der Waals surface area (Å²) in [4.78, 5) is 9.09. The maximum Gasteiger partial charge on any atom is 0.227 e. The third-order valence-corrected chi connectivity index (χ3v) is 7.77. The molecular weight excluding hydrogens is 396 g/mol. The van der Waals surface area contributed by atoms with Crippen LogP contribution in [-0.4, -0.2) is 66.7 Å². The molecule has 166 valence electrons. The summed E-state index contributed by atoms with van der Waals surface area (Å²) in [6, 6.07) is 10.9. The highest BCUT2D eigenvalue weighted by molar-refractivity contribution is 7.91. The molecule has 1 unspecified atom stereocenters. The van der Waals surface area contributed by atoms with Gasteiger partial charge in [-0.15, -0.1) is 0 Å². The highest BCUT2D eigenvalue weighted by Crippen LogP contribution is 2.19. The van der Waals surface area contributed by atoms with Gasteiger partial charge in [-0.2, -0.15) is 0 Å². The minimum Gasteiger partial charge on any atom is -0.318 e. The number of nitrogens with zero attached hydrogens (tertiary/aromatic N) is 4. The third-order valence-electron chi connectivity index (χ3n) is 6.13. The standard InChI is InChI=1S/C23H36N4O2S/c1-4-30(28,29)23-24-17-22(19-25(2)18-21-14-8-9-15-26(21)3)27(23)16-10-13-20-11-6-5-7-12-20/h5-7,11-12,17,21H,4,8-10,13-16,18-19H2,1-3H3. The van der Waals surface area contributed by atoms with Gasteiger partial charge in [0.1, 0.15) is 0 Å². The molecule has 6 nitrogen and oxygen atoms in total. The van der Waals surface area contributed by atoms with Crippen LogP contribution in [0.15, 0.2) is 41.7 Å². The van der Waals surface area contributed by atoms with Crippen LogP contribution in [0.1, 0.15) is 43.9 Å². The third kappa shape index (κ3) is 5.93. The van der Waals surface area contributed by atoms with Crippen molar-refractivity contribution >= 4 is 9.84 Å². The first-order chi connectivity index (χ1) is 14.4. The van der Waals surface area contributed by atoms with Gasteiger partial charge in [-0.05, 0) is 51.9 Å². The predicted molar refractivity (Wildman–Crippen MR) is 121 cm³/mol. The molecular formula is C23H36N4O2S. The Morgan fingerprint density at radius 1 is 1.20 bits per heavy atom. The average Bonchev–Trinajstić information content (AvgIpc) is 3.13. The molecule has 0 bridgehead atoms. The van der Waals surface area contributed by atoms with Gasteiger partial charge in [0.15, 0.2) is 0 Å².